The van der Waals surface area contributed by atoms with Crippen LogP contribution in [-0.4, -0.2) is 11.0 Å². The molecule has 0 saturated heterocycles. The van der Waals surface area contributed by atoms with Crippen molar-refractivity contribution in [1.82, 2.24) is 0 Å². The molecule has 0 aromatic heterocycles. The molecule has 1 saturated carbocycles. The molecule has 1 aromatic carbocycles. The first-order chi connectivity index (χ1) is 6.66. The van der Waals surface area contributed by atoms with Crippen molar-refractivity contribution in [2.24, 2.45) is 0 Å². The minimum absolute atomic E-state index is 0.0716. The maximum Gasteiger partial charge on any atom is 0.271 e. The van der Waals surface area contributed by atoms with Crippen molar-refractivity contribution in [2.45, 2.75) is 18.9 Å². The van der Waals surface area contributed by atoms with Gasteiger partial charge in [-0.1, -0.05) is 0 Å². The molecule has 0 atom stereocenters. The number of rotatable bonds is 3. The minimum Gasteiger partial charge on any atom is -0.397 e. The van der Waals surface area contributed by atoms with E-state index in [4.69, 9.17) is 5.73 Å². The zero-order chi connectivity index (χ0) is 10.1. The molecule has 5 nitrogen and oxygen atoms in total. The number of nitrogens with zero attached hydrogens (tertiary/aromatic N) is 1. The van der Waals surface area contributed by atoms with Gasteiger partial charge in [0.1, 0.15) is 0 Å². The summed E-state index contributed by atoms with van der Waals surface area (Å²) >= 11 is 0. The van der Waals surface area contributed by atoms with Crippen LogP contribution in [0.3, 0.4) is 0 Å². The van der Waals surface area contributed by atoms with E-state index in [1.54, 1.807) is 6.07 Å². The van der Waals surface area contributed by atoms with E-state index in [1.165, 1.54) is 12.1 Å². The highest BCUT2D eigenvalue weighted by atomic mass is 16.6. The Balaban J connectivity index is 2.26. The molecule has 0 aliphatic heterocycles. The van der Waals surface area contributed by atoms with Gasteiger partial charge in [-0.3, -0.25) is 10.1 Å². The van der Waals surface area contributed by atoms with Crippen molar-refractivity contribution in [3.8, 4) is 0 Å². The third-order valence-corrected chi connectivity index (χ3v) is 2.18. The Morgan fingerprint density at radius 1 is 1.50 bits per heavy atom. The van der Waals surface area contributed by atoms with E-state index in [0.29, 0.717) is 17.4 Å². The van der Waals surface area contributed by atoms with Gasteiger partial charge in [-0.2, -0.15) is 0 Å². The van der Waals surface area contributed by atoms with Crippen molar-refractivity contribution >= 4 is 17.1 Å². The molecule has 0 amide bonds. The summed E-state index contributed by atoms with van der Waals surface area (Å²) < 4.78 is 0. The molecular weight excluding hydrogens is 182 g/mol. The van der Waals surface area contributed by atoms with Crippen LogP contribution >= 0.6 is 0 Å². The van der Waals surface area contributed by atoms with Gasteiger partial charge < -0.3 is 11.1 Å². The summed E-state index contributed by atoms with van der Waals surface area (Å²) in [5, 5.41) is 13.7. The molecule has 1 aromatic rings. The Bertz CT molecular complexity index is 374. The van der Waals surface area contributed by atoms with Gasteiger partial charge in [0.25, 0.3) is 5.69 Å². The average Bonchev–Trinajstić information content (AvgIpc) is 2.92. The van der Waals surface area contributed by atoms with E-state index in [0.717, 1.165) is 12.8 Å². The van der Waals surface area contributed by atoms with Crippen molar-refractivity contribution < 1.29 is 4.92 Å². The number of nitrogens with two attached hydrogens (primary N) is 1. The molecule has 1 fully saturated rings. The standard InChI is InChI=1S/C9H11N3O2/c10-8-4-3-7(12(13)14)5-9(8)11-6-1-2-6/h3-6,11H,1-2,10H2. The van der Waals surface area contributed by atoms with Crippen molar-refractivity contribution in [3.05, 3.63) is 28.3 Å². The highest BCUT2D eigenvalue weighted by molar-refractivity contribution is 5.70. The maximum atomic E-state index is 10.5. The van der Waals surface area contributed by atoms with E-state index >= 15 is 0 Å². The Kier molecular flexibility index (Phi) is 1.99. The summed E-state index contributed by atoms with van der Waals surface area (Å²) in [7, 11) is 0. The quantitative estimate of drug-likeness (QED) is 0.435. The second kappa shape index (κ2) is 3.17. The fraction of sp³-hybridized carbons (Fsp3) is 0.333. The van der Waals surface area contributed by atoms with Crippen LogP contribution in [-0.2, 0) is 0 Å². The summed E-state index contributed by atoms with van der Waals surface area (Å²) in [5.41, 5.74) is 6.98. The van der Waals surface area contributed by atoms with Gasteiger partial charge in [-0.05, 0) is 18.9 Å². The molecule has 1 aliphatic rings. The Morgan fingerprint density at radius 3 is 2.79 bits per heavy atom. The predicted octanol–water partition coefficient (Wildman–Crippen LogP) is 1.75. The van der Waals surface area contributed by atoms with E-state index in [9.17, 15) is 10.1 Å². The van der Waals surface area contributed by atoms with Crippen molar-refractivity contribution in [3.63, 3.8) is 0 Å². The third kappa shape index (κ3) is 1.76. The molecule has 74 valence electrons. The van der Waals surface area contributed by atoms with Crippen LogP contribution in [0.2, 0.25) is 0 Å². The normalized spacial score (nSPS) is 15.1. The smallest absolute Gasteiger partial charge is 0.271 e. The van der Waals surface area contributed by atoms with Gasteiger partial charge in [0, 0.05) is 18.2 Å². The van der Waals surface area contributed by atoms with E-state index in [2.05, 4.69) is 5.32 Å². The lowest BCUT2D eigenvalue weighted by Gasteiger charge is -2.06. The lowest BCUT2D eigenvalue weighted by atomic mass is 10.2. The number of nitrogen functional groups attached to an aromatic ring is 1. The zero-order valence-electron chi connectivity index (χ0n) is 7.56. The first kappa shape index (κ1) is 8.80. The number of hydrogen-bond donors (Lipinski definition) is 2. The summed E-state index contributed by atoms with van der Waals surface area (Å²) in [5.74, 6) is 0. The highest BCUT2D eigenvalue weighted by Gasteiger charge is 2.22. The Labute approximate surface area is 81.1 Å². The van der Waals surface area contributed by atoms with Crippen LogP contribution in [0.15, 0.2) is 18.2 Å². The van der Waals surface area contributed by atoms with Crippen molar-refractivity contribution in [1.29, 1.82) is 0 Å². The van der Waals surface area contributed by atoms with Crippen LogP contribution in [0.5, 0.6) is 0 Å². The molecule has 0 spiro atoms. The van der Waals surface area contributed by atoms with Crippen LogP contribution in [0, 0.1) is 10.1 Å². The predicted molar refractivity (Wildman–Crippen MR) is 54.2 cm³/mol. The molecule has 2 rings (SSSR count). The van der Waals surface area contributed by atoms with Crippen LogP contribution < -0.4 is 11.1 Å². The molecule has 0 radical (unpaired) electrons. The monoisotopic (exact) mass is 193 g/mol. The molecule has 1 aliphatic carbocycles. The van der Waals surface area contributed by atoms with Crippen LogP contribution in [0.1, 0.15) is 12.8 Å². The number of anilines is 2. The number of hydrogen-bond acceptors (Lipinski definition) is 4. The number of nitro groups is 1. The Hall–Kier alpha value is -1.78. The average molecular weight is 193 g/mol. The zero-order valence-corrected chi connectivity index (χ0v) is 7.56. The first-order valence-electron chi connectivity index (χ1n) is 4.47. The maximum absolute atomic E-state index is 10.5. The second-order valence-electron chi connectivity index (χ2n) is 3.45. The molecular formula is C9H11N3O2. The molecule has 5 heteroatoms. The van der Waals surface area contributed by atoms with E-state index < -0.39 is 4.92 Å². The lowest BCUT2D eigenvalue weighted by molar-refractivity contribution is -0.384. The molecule has 0 bridgehead atoms. The molecule has 0 heterocycles. The summed E-state index contributed by atoms with van der Waals surface area (Å²) in [6, 6.07) is 4.89. The fourth-order valence-electron chi connectivity index (χ4n) is 1.23. The summed E-state index contributed by atoms with van der Waals surface area (Å²) in [4.78, 5) is 10.1. The number of non-ortho nitro benzene ring substituents is 1. The van der Waals surface area contributed by atoms with Gasteiger partial charge >= 0.3 is 0 Å². The number of benzene rings is 1. The van der Waals surface area contributed by atoms with Gasteiger partial charge in [-0.25, -0.2) is 0 Å². The van der Waals surface area contributed by atoms with Crippen LogP contribution in [0.25, 0.3) is 0 Å². The number of nitrogens with one attached hydrogen (secondary N) is 1. The second-order valence-corrected chi connectivity index (χ2v) is 3.45. The molecule has 0 unspecified atom stereocenters. The van der Waals surface area contributed by atoms with Gasteiger partial charge in [-0.15, -0.1) is 0 Å². The van der Waals surface area contributed by atoms with Gasteiger partial charge in [0.05, 0.1) is 16.3 Å². The van der Waals surface area contributed by atoms with Gasteiger partial charge in [0.15, 0.2) is 0 Å². The highest BCUT2D eigenvalue weighted by Crippen LogP contribution is 2.30. The largest absolute Gasteiger partial charge is 0.397 e. The molecule has 14 heavy (non-hydrogen) atoms. The molecule has 3 N–H and O–H groups in total. The Morgan fingerprint density at radius 2 is 2.21 bits per heavy atom. The van der Waals surface area contributed by atoms with E-state index in [-0.39, 0.29) is 5.69 Å². The summed E-state index contributed by atoms with van der Waals surface area (Å²) in [6.07, 6.45) is 2.23. The topological polar surface area (TPSA) is 81.2 Å². The minimum atomic E-state index is -0.419. The fourth-order valence-corrected chi connectivity index (χ4v) is 1.23. The van der Waals surface area contributed by atoms with Crippen molar-refractivity contribution in [2.75, 3.05) is 11.1 Å². The third-order valence-electron chi connectivity index (χ3n) is 2.18. The SMILES string of the molecule is Nc1ccc([N+](=O)[O-])cc1NC1CC1. The first-order valence-corrected chi connectivity index (χ1v) is 4.47. The number of nitro benzene ring substituents is 1. The van der Waals surface area contributed by atoms with Gasteiger partial charge in [0.2, 0.25) is 0 Å². The summed E-state index contributed by atoms with van der Waals surface area (Å²) in [6.45, 7) is 0. The van der Waals surface area contributed by atoms with E-state index in [1.807, 2.05) is 0 Å². The van der Waals surface area contributed by atoms with Crippen LogP contribution in [0.4, 0.5) is 17.1 Å². The lowest BCUT2D eigenvalue weighted by Crippen LogP contribution is -2.04.